The minimum atomic E-state index is -0.168. The second-order valence-electron chi connectivity index (χ2n) is 6.33. The maximum absolute atomic E-state index is 12.3. The Morgan fingerprint density at radius 2 is 1.97 bits per heavy atom. The number of nitriles is 1. The van der Waals surface area contributed by atoms with Crippen LogP contribution in [0.2, 0.25) is 0 Å². The van der Waals surface area contributed by atoms with Gasteiger partial charge in [-0.2, -0.15) is 5.26 Å². The van der Waals surface area contributed by atoms with E-state index in [1.807, 2.05) is 30.3 Å². The average molecular weight is 390 g/mol. The summed E-state index contributed by atoms with van der Waals surface area (Å²) < 4.78 is 16.4. The number of ether oxygens (including phenoxy) is 2. The molecule has 3 rings (SSSR count). The molecule has 0 radical (unpaired) electrons. The van der Waals surface area contributed by atoms with Crippen molar-refractivity contribution in [2.45, 2.75) is 19.6 Å². The second kappa shape index (κ2) is 10.7. The maximum atomic E-state index is 12.3. The van der Waals surface area contributed by atoms with E-state index in [2.05, 4.69) is 11.4 Å². The molecule has 0 aliphatic rings. The molecular formula is C23H22N2O4. The number of amides is 1. The number of carbonyl (C=O) groups is 1. The Morgan fingerprint density at radius 3 is 2.79 bits per heavy atom. The van der Waals surface area contributed by atoms with Crippen LogP contribution in [0, 0.1) is 11.3 Å². The largest absolute Gasteiger partial charge is 0.489 e. The summed E-state index contributed by atoms with van der Waals surface area (Å²) >= 11 is 0. The van der Waals surface area contributed by atoms with E-state index in [4.69, 9.17) is 19.2 Å². The van der Waals surface area contributed by atoms with Crippen molar-refractivity contribution in [2.75, 3.05) is 13.2 Å². The molecule has 2 aromatic carbocycles. The van der Waals surface area contributed by atoms with Gasteiger partial charge in [0.15, 0.2) is 0 Å². The summed E-state index contributed by atoms with van der Waals surface area (Å²) in [5.41, 5.74) is 1.91. The molecule has 0 saturated carbocycles. The highest BCUT2D eigenvalue weighted by Gasteiger charge is 2.07. The fourth-order valence-corrected chi connectivity index (χ4v) is 2.69. The first kappa shape index (κ1) is 20.2. The zero-order chi connectivity index (χ0) is 20.3. The Balaban J connectivity index is 1.42. The van der Waals surface area contributed by atoms with Crippen molar-refractivity contribution in [1.82, 2.24) is 5.32 Å². The zero-order valence-electron chi connectivity index (χ0n) is 16.0. The zero-order valence-corrected chi connectivity index (χ0v) is 16.0. The fourth-order valence-electron chi connectivity index (χ4n) is 2.69. The first-order valence-corrected chi connectivity index (χ1v) is 9.35. The summed E-state index contributed by atoms with van der Waals surface area (Å²) in [6.45, 7) is 1.73. The summed E-state index contributed by atoms with van der Waals surface area (Å²) in [6.07, 6.45) is 2.31. The van der Waals surface area contributed by atoms with Crippen molar-refractivity contribution in [1.29, 1.82) is 5.26 Å². The van der Waals surface area contributed by atoms with E-state index in [-0.39, 0.29) is 12.5 Å². The van der Waals surface area contributed by atoms with Crippen molar-refractivity contribution in [3.8, 4) is 11.8 Å². The summed E-state index contributed by atoms with van der Waals surface area (Å²) in [5, 5.41) is 12.0. The molecule has 1 aromatic heterocycles. The summed E-state index contributed by atoms with van der Waals surface area (Å²) in [7, 11) is 0. The van der Waals surface area contributed by atoms with Crippen LogP contribution in [0.5, 0.6) is 5.75 Å². The lowest BCUT2D eigenvalue weighted by Gasteiger charge is -2.10. The van der Waals surface area contributed by atoms with Crippen LogP contribution in [0.15, 0.2) is 71.3 Å². The summed E-state index contributed by atoms with van der Waals surface area (Å²) in [5.74, 6) is 1.19. The van der Waals surface area contributed by atoms with E-state index in [1.54, 1.807) is 36.6 Å². The molecule has 0 saturated heterocycles. The van der Waals surface area contributed by atoms with Crippen LogP contribution >= 0.6 is 0 Å². The number of rotatable bonds is 10. The highest BCUT2D eigenvalue weighted by atomic mass is 16.5. The molecule has 0 fully saturated rings. The number of carbonyl (C=O) groups excluding carboxylic acids is 1. The Kier molecular flexibility index (Phi) is 7.44. The van der Waals surface area contributed by atoms with Gasteiger partial charge in [0.05, 0.1) is 17.9 Å². The predicted molar refractivity (Wildman–Crippen MR) is 107 cm³/mol. The predicted octanol–water partition coefficient (Wildman–Crippen LogP) is 4.07. The maximum Gasteiger partial charge on any atom is 0.251 e. The van der Waals surface area contributed by atoms with E-state index in [9.17, 15) is 4.79 Å². The SMILES string of the molecule is N#Cc1ccccc1COc1cccc(C(=O)NCCCOCc2ccco2)c1. The Labute approximate surface area is 169 Å². The molecule has 3 aromatic rings. The quantitative estimate of drug-likeness (QED) is 0.528. The first-order valence-electron chi connectivity index (χ1n) is 9.35. The number of hydrogen-bond acceptors (Lipinski definition) is 5. The number of nitrogens with one attached hydrogen (secondary N) is 1. The summed E-state index contributed by atoms with van der Waals surface area (Å²) in [4.78, 5) is 12.3. The number of furan rings is 1. The van der Waals surface area contributed by atoms with Crippen LogP contribution in [0.1, 0.15) is 33.7 Å². The normalized spacial score (nSPS) is 10.3. The Bertz CT molecular complexity index is 961. The lowest BCUT2D eigenvalue weighted by Crippen LogP contribution is -2.25. The van der Waals surface area contributed by atoms with Gasteiger partial charge < -0.3 is 19.2 Å². The highest BCUT2D eigenvalue weighted by Crippen LogP contribution is 2.16. The molecule has 29 heavy (non-hydrogen) atoms. The van der Waals surface area contributed by atoms with Crippen LogP contribution in [-0.2, 0) is 18.0 Å². The van der Waals surface area contributed by atoms with Gasteiger partial charge in [0.25, 0.3) is 5.91 Å². The third-order valence-electron chi connectivity index (χ3n) is 4.20. The topological polar surface area (TPSA) is 84.5 Å². The van der Waals surface area contributed by atoms with Crippen LogP contribution in [-0.4, -0.2) is 19.1 Å². The van der Waals surface area contributed by atoms with Crippen molar-refractivity contribution in [3.05, 3.63) is 89.4 Å². The second-order valence-corrected chi connectivity index (χ2v) is 6.33. The van der Waals surface area contributed by atoms with Crippen molar-refractivity contribution in [2.24, 2.45) is 0 Å². The van der Waals surface area contributed by atoms with Gasteiger partial charge in [-0.3, -0.25) is 4.79 Å². The fraction of sp³-hybridized carbons (Fsp3) is 0.217. The number of benzene rings is 2. The third-order valence-corrected chi connectivity index (χ3v) is 4.20. The molecule has 0 aliphatic heterocycles. The molecule has 6 nitrogen and oxygen atoms in total. The smallest absolute Gasteiger partial charge is 0.251 e. The van der Waals surface area contributed by atoms with Crippen LogP contribution < -0.4 is 10.1 Å². The molecule has 1 N–H and O–H groups in total. The van der Waals surface area contributed by atoms with E-state index < -0.39 is 0 Å². The number of hydrogen-bond donors (Lipinski definition) is 1. The molecule has 1 amide bonds. The molecule has 0 atom stereocenters. The standard InChI is InChI=1S/C23H22N2O4/c24-15-19-6-1-2-7-20(19)16-29-21-9-3-8-18(14-21)23(26)25-11-5-12-27-17-22-10-4-13-28-22/h1-4,6-10,13-14H,5,11-12,16-17H2,(H,25,26). The van der Waals surface area contributed by atoms with Crippen molar-refractivity contribution < 1.29 is 18.7 Å². The van der Waals surface area contributed by atoms with Gasteiger partial charge in [-0.25, -0.2) is 0 Å². The Hall–Kier alpha value is -3.56. The van der Waals surface area contributed by atoms with Gasteiger partial charge >= 0.3 is 0 Å². The minimum absolute atomic E-state index is 0.168. The number of nitrogens with zero attached hydrogens (tertiary/aromatic N) is 1. The lowest BCUT2D eigenvalue weighted by atomic mass is 10.1. The molecule has 1 heterocycles. The molecule has 148 valence electrons. The molecule has 6 heteroatoms. The highest BCUT2D eigenvalue weighted by molar-refractivity contribution is 5.94. The van der Waals surface area contributed by atoms with Crippen LogP contribution in [0.4, 0.5) is 0 Å². The van der Waals surface area contributed by atoms with E-state index in [1.165, 1.54) is 0 Å². The van der Waals surface area contributed by atoms with Crippen LogP contribution in [0.25, 0.3) is 0 Å². The monoisotopic (exact) mass is 390 g/mol. The van der Waals surface area contributed by atoms with Crippen molar-refractivity contribution >= 4 is 5.91 Å². The van der Waals surface area contributed by atoms with Gasteiger partial charge in [0.1, 0.15) is 24.7 Å². The molecule has 0 aliphatic carbocycles. The van der Waals surface area contributed by atoms with Gasteiger partial charge in [0, 0.05) is 24.3 Å². The van der Waals surface area contributed by atoms with Gasteiger partial charge in [-0.05, 0) is 42.8 Å². The van der Waals surface area contributed by atoms with E-state index in [0.29, 0.717) is 43.1 Å². The summed E-state index contributed by atoms with van der Waals surface area (Å²) in [6, 6.07) is 20.1. The minimum Gasteiger partial charge on any atom is -0.489 e. The van der Waals surface area contributed by atoms with E-state index in [0.717, 1.165) is 11.3 Å². The first-order chi connectivity index (χ1) is 14.3. The lowest BCUT2D eigenvalue weighted by molar-refractivity contribution is 0.0916. The Morgan fingerprint density at radius 1 is 1.07 bits per heavy atom. The average Bonchev–Trinajstić information content (AvgIpc) is 3.28. The molecule has 0 spiro atoms. The van der Waals surface area contributed by atoms with E-state index >= 15 is 0 Å². The molecule has 0 bridgehead atoms. The van der Waals surface area contributed by atoms with Gasteiger partial charge in [-0.1, -0.05) is 24.3 Å². The van der Waals surface area contributed by atoms with Crippen LogP contribution in [0.3, 0.4) is 0 Å². The molecule has 0 unspecified atom stereocenters. The van der Waals surface area contributed by atoms with Gasteiger partial charge in [-0.15, -0.1) is 0 Å². The third kappa shape index (κ3) is 6.23. The molecular weight excluding hydrogens is 368 g/mol. The van der Waals surface area contributed by atoms with Gasteiger partial charge in [0.2, 0.25) is 0 Å². The van der Waals surface area contributed by atoms with Crippen molar-refractivity contribution in [3.63, 3.8) is 0 Å².